The maximum atomic E-state index is 12.8. The van der Waals surface area contributed by atoms with E-state index in [9.17, 15) is 13.6 Å². The lowest BCUT2D eigenvalue weighted by molar-refractivity contribution is 0.0997. The highest BCUT2D eigenvalue weighted by Crippen LogP contribution is 2.20. The third kappa shape index (κ3) is 1.81. The van der Waals surface area contributed by atoms with Gasteiger partial charge in [0.2, 0.25) is 0 Å². The number of hydrogen-bond acceptors (Lipinski definition) is 3. The second-order valence-corrected chi connectivity index (χ2v) is 2.41. The molecule has 1 aromatic carbocycles. The predicted molar refractivity (Wildman–Crippen MR) is 41.4 cm³/mol. The van der Waals surface area contributed by atoms with E-state index in [1.165, 1.54) is 0 Å². The Morgan fingerprint density at radius 3 is 2.54 bits per heavy atom. The molecule has 13 heavy (non-hydrogen) atoms. The highest BCUT2D eigenvalue weighted by molar-refractivity contribution is 5.98. The number of rotatable bonds is 2. The van der Waals surface area contributed by atoms with E-state index in [0.29, 0.717) is 6.07 Å². The van der Waals surface area contributed by atoms with Crippen molar-refractivity contribution in [3.05, 3.63) is 29.3 Å². The van der Waals surface area contributed by atoms with E-state index in [-0.39, 0.29) is 6.54 Å². The normalized spacial score (nSPS) is 10.1. The van der Waals surface area contributed by atoms with Crippen LogP contribution in [0.1, 0.15) is 10.4 Å². The molecule has 0 unspecified atom stereocenters. The molecule has 0 aliphatic rings. The number of benzene rings is 1. The second kappa shape index (κ2) is 3.49. The van der Waals surface area contributed by atoms with Crippen LogP contribution in [0, 0.1) is 11.6 Å². The van der Waals surface area contributed by atoms with Gasteiger partial charge in [-0.1, -0.05) is 0 Å². The van der Waals surface area contributed by atoms with Crippen LogP contribution in [0.4, 0.5) is 8.78 Å². The van der Waals surface area contributed by atoms with Crippen molar-refractivity contribution in [2.45, 2.75) is 0 Å². The molecule has 0 aromatic heterocycles. The molecule has 0 spiro atoms. The van der Waals surface area contributed by atoms with Crippen molar-refractivity contribution in [3.63, 3.8) is 0 Å². The van der Waals surface area contributed by atoms with Gasteiger partial charge in [-0.25, -0.2) is 8.78 Å². The van der Waals surface area contributed by atoms with Crippen LogP contribution in [0.2, 0.25) is 0 Å². The Labute approximate surface area is 72.8 Å². The number of carbonyl (C=O) groups excluding carboxylic acids is 1. The molecular formula is C8H7F2NO2. The number of carbonyl (C=O) groups is 1. The molecule has 0 amide bonds. The Hall–Kier alpha value is -1.49. The largest absolute Gasteiger partial charge is 0.505 e. The predicted octanol–water partition coefficient (Wildman–Crippen LogP) is 0.812. The number of phenols is 1. The fourth-order valence-corrected chi connectivity index (χ4v) is 0.861. The highest BCUT2D eigenvalue weighted by Gasteiger charge is 2.13. The number of halogens is 2. The number of Topliss-reactive ketones (excluding diaryl/α,β-unsaturated/α-hetero) is 1. The average molecular weight is 187 g/mol. The number of hydrogen-bond donors (Lipinski definition) is 2. The van der Waals surface area contributed by atoms with Gasteiger partial charge in [0.25, 0.3) is 0 Å². The summed E-state index contributed by atoms with van der Waals surface area (Å²) in [5, 5.41) is 8.83. The molecule has 0 saturated heterocycles. The molecule has 0 radical (unpaired) electrons. The summed E-state index contributed by atoms with van der Waals surface area (Å²) in [5.41, 5.74) is 4.57. The number of nitrogens with two attached hydrogens (primary N) is 1. The summed E-state index contributed by atoms with van der Waals surface area (Å²) >= 11 is 0. The van der Waals surface area contributed by atoms with Gasteiger partial charge in [0.15, 0.2) is 17.3 Å². The summed E-state index contributed by atoms with van der Waals surface area (Å²) < 4.78 is 25.3. The maximum absolute atomic E-state index is 12.8. The third-order valence-corrected chi connectivity index (χ3v) is 1.52. The lowest BCUT2D eigenvalue weighted by Gasteiger charge is -2.01. The van der Waals surface area contributed by atoms with E-state index < -0.39 is 28.7 Å². The van der Waals surface area contributed by atoms with Crippen molar-refractivity contribution >= 4 is 5.78 Å². The van der Waals surface area contributed by atoms with E-state index in [0.717, 1.165) is 6.07 Å². The maximum Gasteiger partial charge on any atom is 0.179 e. The fraction of sp³-hybridized carbons (Fsp3) is 0.125. The molecule has 0 aliphatic carbocycles. The molecule has 3 nitrogen and oxygen atoms in total. The zero-order chi connectivity index (χ0) is 10.0. The van der Waals surface area contributed by atoms with Crippen LogP contribution in [-0.2, 0) is 0 Å². The van der Waals surface area contributed by atoms with Crippen LogP contribution in [0.5, 0.6) is 5.75 Å². The fourth-order valence-electron chi connectivity index (χ4n) is 0.861. The van der Waals surface area contributed by atoms with Crippen LogP contribution in [0.15, 0.2) is 12.1 Å². The van der Waals surface area contributed by atoms with Crippen molar-refractivity contribution in [2.24, 2.45) is 5.73 Å². The molecule has 3 N–H and O–H groups in total. The molecule has 70 valence electrons. The van der Waals surface area contributed by atoms with Gasteiger partial charge in [-0.05, 0) is 6.07 Å². The van der Waals surface area contributed by atoms with Gasteiger partial charge < -0.3 is 10.8 Å². The first-order valence-corrected chi connectivity index (χ1v) is 3.47. The molecule has 1 rings (SSSR count). The quantitative estimate of drug-likeness (QED) is 0.673. The SMILES string of the molecule is NCC(=O)c1cc(O)c(F)cc1F. The van der Waals surface area contributed by atoms with Crippen molar-refractivity contribution in [1.29, 1.82) is 0 Å². The summed E-state index contributed by atoms with van der Waals surface area (Å²) in [6, 6.07) is 1.16. The zero-order valence-corrected chi connectivity index (χ0v) is 6.55. The molecule has 0 saturated carbocycles. The van der Waals surface area contributed by atoms with E-state index in [1.807, 2.05) is 0 Å². The van der Waals surface area contributed by atoms with E-state index in [1.54, 1.807) is 0 Å². The first-order chi connectivity index (χ1) is 6.06. The molecule has 0 heterocycles. The summed E-state index contributed by atoms with van der Waals surface area (Å²) in [4.78, 5) is 10.9. The summed E-state index contributed by atoms with van der Waals surface area (Å²) in [6.07, 6.45) is 0. The first kappa shape index (κ1) is 9.60. The Morgan fingerprint density at radius 1 is 1.38 bits per heavy atom. The van der Waals surface area contributed by atoms with Crippen molar-refractivity contribution in [3.8, 4) is 5.75 Å². The molecule has 1 aromatic rings. The van der Waals surface area contributed by atoms with E-state index in [4.69, 9.17) is 10.8 Å². The molecular weight excluding hydrogens is 180 g/mol. The lowest BCUT2D eigenvalue weighted by atomic mass is 10.1. The molecule has 0 aliphatic heterocycles. The lowest BCUT2D eigenvalue weighted by Crippen LogP contribution is -2.15. The van der Waals surface area contributed by atoms with Crippen molar-refractivity contribution in [1.82, 2.24) is 0 Å². The van der Waals surface area contributed by atoms with Crippen LogP contribution < -0.4 is 5.73 Å². The molecule has 0 bridgehead atoms. The minimum absolute atomic E-state index is 0.387. The third-order valence-electron chi connectivity index (χ3n) is 1.52. The van der Waals surface area contributed by atoms with Crippen LogP contribution in [0.25, 0.3) is 0 Å². The van der Waals surface area contributed by atoms with Crippen LogP contribution in [0.3, 0.4) is 0 Å². The summed E-state index contributed by atoms with van der Waals surface area (Å²) in [6.45, 7) is -0.387. The van der Waals surface area contributed by atoms with Gasteiger partial charge in [-0.3, -0.25) is 4.79 Å². The van der Waals surface area contributed by atoms with E-state index >= 15 is 0 Å². The Kier molecular flexibility index (Phi) is 2.57. The van der Waals surface area contributed by atoms with Crippen molar-refractivity contribution in [2.75, 3.05) is 6.54 Å². The molecule has 0 atom stereocenters. The standard InChI is InChI=1S/C8H7F2NO2/c9-5-2-6(10)7(12)1-4(5)8(13)3-11/h1-2,12H,3,11H2. The Morgan fingerprint density at radius 2 is 2.00 bits per heavy atom. The summed E-state index contributed by atoms with van der Waals surface area (Å²) in [5.74, 6) is -3.58. The van der Waals surface area contributed by atoms with Crippen LogP contribution >= 0.6 is 0 Å². The molecule has 0 fully saturated rings. The van der Waals surface area contributed by atoms with Crippen molar-refractivity contribution < 1.29 is 18.7 Å². The smallest absolute Gasteiger partial charge is 0.179 e. The van der Waals surface area contributed by atoms with Gasteiger partial charge in [0, 0.05) is 6.07 Å². The summed E-state index contributed by atoms with van der Waals surface area (Å²) in [7, 11) is 0. The average Bonchev–Trinajstić information content (AvgIpc) is 2.10. The van der Waals surface area contributed by atoms with Gasteiger partial charge in [-0.2, -0.15) is 0 Å². The van der Waals surface area contributed by atoms with E-state index in [2.05, 4.69) is 0 Å². The number of ketones is 1. The number of phenolic OH excluding ortho intramolecular Hbond substituents is 1. The number of aromatic hydroxyl groups is 1. The minimum Gasteiger partial charge on any atom is -0.505 e. The van der Waals surface area contributed by atoms with Gasteiger partial charge in [0.1, 0.15) is 5.82 Å². The second-order valence-electron chi connectivity index (χ2n) is 2.41. The topological polar surface area (TPSA) is 63.3 Å². The van der Waals surface area contributed by atoms with Crippen LogP contribution in [-0.4, -0.2) is 17.4 Å². The Balaban J connectivity index is 3.23. The van der Waals surface area contributed by atoms with Gasteiger partial charge in [0.05, 0.1) is 12.1 Å². The zero-order valence-electron chi connectivity index (χ0n) is 6.55. The van der Waals surface area contributed by atoms with Gasteiger partial charge >= 0.3 is 0 Å². The highest BCUT2D eigenvalue weighted by atomic mass is 19.1. The Bertz CT molecular complexity index is 352. The monoisotopic (exact) mass is 187 g/mol. The van der Waals surface area contributed by atoms with Gasteiger partial charge in [-0.15, -0.1) is 0 Å². The molecule has 5 heteroatoms. The first-order valence-electron chi connectivity index (χ1n) is 3.47. The minimum atomic E-state index is -1.11.